The molecule has 4 unspecified atom stereocenters. The van der Waals surface area contributed by atoms with E-state index in [2.05, 4.69) is 16.2 Å². The van der Waals surface area contributed by atoms with Crippen molar-refractivity contribution in [3.05, 3.63) is 34.6 Å². The number of hydrogen-bond donors (Lipinski definition) is 3. The third-order valence-electron chi connectivity index (χ3n) is 4.97. The van der Waals surface area contributed by atoms with Gasteiger partial charge in [-0.15, -0.1) is 0 Å². The highest BCUT2D eigenvalue weighted by Gasteiger charge is 2.44. The Kier molecular flexibility index (Phi) is 5.56. The Bertz CT molecular complexity index is 652. The van der Waals surface area contributed by atoms with Crippen LogP contribution in [-0.4, -0.2) is 37.1 Å². The minimum absolute atomic E-state index is 0.0450. The fourth-order valence-electron chi connectivity index (χ4n) is 3.69. The van der Waals surface area contributed by atoms with Gasteiger partial charge in [0.05, 0.1) is 13.5 Å². The molecule has 1 saturated heterocycles. The van der Waals surface area contributed by atoms with Gasteiger partial charge in [-0.1, -0.05) is 17.7 Å². The van der Waals surface area contributed by atoms with Gasteiger partial charge in [-0.25, -0.2) is 9.82 Å². The Morgan fingerprint density at radius 3 is 2.88 bits per heavy atom. The minimum Gasteiger partial charge on any atom is -0.468 e. The number of esters is 1. The molecule has 0 aromatic heterocycles. The highest BCUT2D eigenvalue weighted by Crippen LogP contribution is 2.31. The van der Waals surface area contributed by atoms with E-state index >= 15 is 0 Å². The lowest BCUT2D eigenvalue weighted by Crippen LogP contribution is -2.46. The Hall–Kier alpha value is -1.70. The Labute approximate surface area is 150 Å². The number of nitrogens with one attached hydrogen (secondary N) is 3. The first kappa shape index (κ1) is 18.1. The predicted molar refractivity (Wildman–Crippen MR) is 90.2 cm³/mol. The summed E-state index contributed by atoms with van der Waals surface area (Å²) in [6.45, 7) is 0. The summed E-state index contributed by atoms with van der Waals surface area (Å²) in [5, 5.41) is 3.18. The average molecular weight is 370 g/mol. The highest BCUT2D eigenvalue weighted by atomic mass is 35.5. The number of carbonyl (C=O) groups excluding carboxylic acids is 2. The lowest BCUT2D eigenvalue weighted by Gasteiger charge is -2.32. The molecule has 0 radical (unpaired) electrons. The zero-order valence-corrected chi connectivity index (χ0v) is 14.6. The van der Waals surface area contributed by atoms with Crippen LogP contribution in [0.1, 0.15) is 24.8 Å². The maximum Gasteiger partial charge on any atom is 0.324 e. The van der Waals surface area contributed by atoms with E-state index in [0.717, 1.165) is 12.8 Å². The lowest BCUT2D eigenvalue weighted by molar-refractivity contribution is -0.144. The number of ether oxygens (including phenoxy) is 1. The van der Waals surface area contributed by atoms with Crippen LogP contribution in [0, 0.1) is 11.7 Å². The van der Waals surface area contributed by atoms with Crippen LogP contribution in [0.25, 0.3) is 0 Å². The van der Waals surface area contributed by atoms with Crippen molar-refractivity contribution in [2.24, 2.45) is 5.92 Å². The second kappa shape index (κ2) is 7.68. The largest absolute Gasteiger partial charge is 0.468 e. The second-order valence-corrected chi connectivity index (χ2v) is 6.92. The molecule has 136 valence electrons. The fourth-order valence-corrected chi connectivity index (χ4v) is 3.92. The third kappa shape index (κ3) is 3.94. The Balaban J connectivity index is 1.60. The van der Waals surface area contributed by atoms with Crippen molar-refractivity contribution in [3.8, 4) is 0 Å². The van der Waals surface area contributed by atoms with Crippen LogP contribution in [0.5, 0.6) is 0 Å². The minimum atomic E-state index is -0.485. The molecule has 2 aliphatic rings. The van der Waals surface area contributed by atoms with Gasteiger partial charge in [-0.2, -0.15) is 0 Å². The molecule has 2 fully saturated rings. The van der Waals surface area contributed by atoms with E-state index in [4.69, 9.17) is 16.3 Å². The summed E-state index contributed by atoms with van der Waals surface area (Å²) in [5.74, 6) is -1.03. The van der Waals surface area contributed by atoms with Crippen LogP contribution in [0.15, 0.2) is 18.2 Å². The van der Waals surface area contributed by atoms with Crippen LogP contribution in [0.3, 0.4) is 0 Å². The van der Waals surface area contributed by atoms with Gasteiger partial charge in [0.25, 0.3) is 0 Å². The molecule has 0 spiro atoms. The van der Waals surface area contributed by atoms with Crippen LogP contribution in [0.4, 0.5) is 4.39 Å². The van der Waals surface area contributed by atoms with Crippen molar-refractivity contribution in [2.45, 2.75) is 43.8 Å². The molecule has 3 rings (SSSR count). The van der Waals surface area contributed by atoms with Crippen molar-refractivity contribution >= 4 is 23.5 Å². The summed E-state index contributed by atoms with van der Waals surface area (Å²) < 4.78 is 18.6. The average Bonchev–Trinajstić information content (AvgIpc) is 3.01. The number of carbonyl (C=O) groups is 2. The predicted octanol–water partition coefficient (Wildman–Crippen LogP) is 1.32. The first-order valence-electron chi connectivity index (χ1n) is 8.30. The van der Waals surface area contributed by atoms with Gasteiger partial charge in [0.15, 0.2) is 0 Å². The Morgan fingerprint density at radius 1 is 1.36 bits per heavy atom. The summed E-state index contributed by atoms with van der Waals surface area (Å²) in [6.07, 6.45) is 2.17. The molecule has 1 saturated carbocycles. The number of benzene rings is 1. The number of fused-ring (bicyclic) bond motifs is 1. The molecule has 1 aliphatic carbocycles. The standard InChI is InChI=1S/C17H21ClFN3O3/c1-25-17(24)16-11-7-9(5-6-14(11)21-22-16)20-15(23)8-10-12(18)3-2-4-13(10)19/h2-4,9,11,14,16,21-22H,5-8H2,1H3,(H,20,23). The third-order valence-corrected chi connectivity index (χ3v) is 5.33. The smallest absolute Gasteiger partial charge is 0.324 e. The van der Waals surface area contributed by atoms with Crippen molar-refractivity contribution < 1.29 is 18.7 Å². The van der Waals surface area contributed by atoms with Gasteiger partial charge >= 0.3 is 5.97 Å². The molecule has 0 bridgehead atoms. The quantitative estimate of drug-likeness (QED) is 0.698. The van der Waals surface area contributed by atoms with Gasteiger partial charge < -0.3 is 10.1 Å². The van der Waals surface area contributed by atoms with E-state index in [0.29, 0.717) is 6.42 Å². The molecule has 8 heteroatoms. The molecule has 1 heterocycles. The van der Waals surface area contributed by atoms with Crippen molar-refractivity contribution in [2.75, 3.05) is 7.11 Å². The monoisotopic (exact) mass is 369 g/mol. The van der Waals surface area contributed by atoms with Crippen molar-refractivity contribution in [1.82, 2.24) is 16.2 Å². The van der Waals surface area contributed by atoms with Gasteiger partial charge in [-0.3, -0.25) is 15.0 Å². The molecule has 1 aromatic carbocycles. The highest BCUT2D eigenvalue weighted by molar-refractivity contribution is 6.31. The summed E-state index contributed by atoms with van der Waals surface area (Å²) in [7, 11) is 1.36. The number of hydrazine groups is 1. The molecule has 4 atom stereocenters. The Morgan fingerprint density at radius 2 is 2.16 bits per heavy atom. The van der Waals surface area contributed by atoms with Crippen molar-refractivity contribution in [1.29, 1.82) is 0 Å². The van der Waals surface area contributed by atoms with Crippen LogP contribution in [-0.2, 0) is 20.7 Å². The number of hydrogen-bond acceptors (Lipinski definition) is 5. The molecule has 6 nitrogen and oxygen atoms in total. The molecule has 3 N–H and O–H groups in total. The van der Waals surface area contributed by atoms with Gasteiger partial charge in [0.1, 0.15) is 11.9 Å². The zero-order valence-electron chi connectivity index (χ0n) is 13.9. The van der Waals surface area contributed by atoms with E-state index in [1.54, 1.807) is 6.07 Å². The molecule has 1 aliphatic heterocycles. The van der Waals surface area contributed by atoms with E-state index < -0.39 is 11.9 Å². The van der Waals surface area contributed by atoms with Crippen LogP contribution < -0.4 is 16.2 Å². The van der Waals surface area contributed by atoms with Gasteiger partial charge in [0.2, 0.25) is 5.91 Å². The summed E-state index contributed by atoms with van der Waals surface area (Å²) in [5.41, 5.74) is 6.30. The van der Waals surface area contributed by atoms with E-state index in [9.17, 15) is 14.0 Å². The maximum atomic E-state index is 13.8. The van der Waals surface area contributed by atoms with E-state index in [1.165, 1.54) is 19.2 Å². The molecular weight excluding hydrogens is 349 g/mol. The summed E-state index contributed by atoms with van der Waals surface area (Å²) in [4.78, 5) is 24.1. The van der Waals surface area contributed by atoms with Gasteiger partial charge in [-0.05, 0) is 31.4 Å². The normalized spacial score (nSPS) is 28.3. The number of amides is 1. The second-order valence-electron chi connectivity index (χ2n) is 6.51. The lowest BCUT2D eigenvalue weighted by atomic mass is 9.79. The maximum absolute atomic E-state index is 13.8. The first-order chi connectivity index (χ1) is 12.0. The SMILES string of the molecule is COC(=O)C1NNC2CCC(NC(=O)Cc3c(F)cccc3Cl)CC21. The first-order valence-corrected chi connectivity index (χ1v) is 8.68. The van der Waals surface area contributed by atoms with Crippen molar-refractivity contribution in [3.63, 3.8) is 0 Å². The topological polar surface area (TPSA) is 79.5 Å². The van der Waals surface area contributed by atoms with Crippen LogP contribution >= 0.6 is 11.6 Å². The molecule has 25 heavy (non-hydrogen) atoms. The van der Waals surface area contributed by atoms with Crippen LogP contribution in [0.2, 0.25) is 5.02 Å². The van der Waals surface area contributed by atoms with E-state index in [-0.39, 0.29) is 46.9 Å². The van der Waals surface area contributed by atoms with E-state index in [1.807, 2.05) is 0 Å². The summed E-state index contributed by atoms with van der Waals surface area (Å²) in [6, 6.07) is 4.06. The fraction of sp³-hybridized carbons (Fsp3) is 0.529. The number of rotatable bonds is 4. The molecule has 1 amide bonds. The summed E-state index contributed by atoms with van der Waals surface area (Å²) >= 11 is 5.97. The molecule has 1 aromatic rings. The molecular formula is C17H21ClFN3O3. The number of methoxy groups -OCH3 is 1. The zero-order chi connectivity index (χ0) is 18.0. The number of halogens is 2. The van der Waals surface area contributed by atoms with Gasteiger partial charge in [0, 0.05) is 28.6 Å².